The van der Waals surface area contributed by atoms with E-state index in [9.17, 15) is 19.7 Å². The summed E-state index contributed by atoms with van der Waals surface area (Å²) in [7, 11) is 1.38. The van der Waals surface area contributed by atoms with Gasteiger partial charge in [0.1, 0.15) is 11.9 Å². The standard InChI is InChI=1S/C16H20N2O8/c1-3-14(19)26-16(13(23-2)8-9-24-18(21)22)11-4-6-12(7-5-11)25-15(20)10-17/h3-7,13,16H,1,8-10,17H2,2H3. The van der Waals surface area contributed by atoms with E-state index in [0.717, 1.165) is 6.08 Å². The molecule has 0 aromatic heterocycles. The van der Waals surface area contributed by atoms with E-state index in [0.29, 0.717) is 5.56 Å². The van der Waals surface area contributed by atoms with Gasteiger partial charge < -0.3 is 24.8 Å². The second kappa shape index (κ2) is 10.8. The molecular weight excluding hydrogens is 348 g/mol. The van der Waals surface area contributed by atoms with Crippen LogP contribution in [0.3, 0.4) is 0 Å². The zero-order valence-corrected chi connectivity index (χ0v) is 14.2. The van der Waals surface area contributed by atoms with Crippen molar-refractivity contribution in [1.82, 2.24) is 0 Å². The van der Waals surface area contributed by atoms with Gasteiger partial charge in [0.05, 0.1) is 13.2 Å². The number of benzene rings is 1. The Morgan fingerprint density at radius 3 is 2.50 bits per heavy atom. The molecule has 0 spiro atoms. The largest absolute Gasteiger partial charge is 0.452 e. The molecular formula is C16H20N2O8. The number of hydrogen-bond acceptors (Lipinski definition) is 9. The highest BCUT2D eigenvalue weighted by Crippen LogP contribution is 2.27. The molecule has 1 rings (SSSR count). The zero-order valence-electron chi connectivity index (χ0n) is 14.2. The maximum atomic E-state index is 11.6. The lowest BCUT2D eigenvalue weighted by Crippen LogP contribution is -2.27. The third-order valence-electron chi connectivity index (χ3n) is 3.26. The normalized spacial score (nSPS) is 12.5. The van der Waals surface area contributed by atoms with Crippen molar-refractivity contribution in [2.45, 2.75) is 18.6 Å². The quantitative estimate of drug-likeness (QED) is 0.198. The predicted molar refractivity (Wildman–Crippen MR) is 88.5 cm³/mol. The zero-order chi connectivity index (χ0) is 19.5. The fourth-order valence-electron chi connectivity index (χ4n) is 2.07. The van der Waals surface area contributed by atoms with Crippen LogP contribution in [0.2, 0.25) is 0 Å². The first-order valence-corrected chi connectivity index (χ1v) is 7.55. The lowest BCUT2D eigenvalue weighted by molar-refractivity contribution is -0.758. The molecule has 1 aromatic rings. The highest BCUT2D eigenvalue weighted by Gasteiger charge is 2.27. The van der Waals surface area contributed by atoms with Crippen LogP contribution in [-0.2, 0) is 23.9 Å². The Morgan fingerprint density at radius 2 is 2.00 bits per heavy atom. The van der Waals surface area contributed by atoms with Crippen molar-refractivity contribution in [3.05, 3.63) is 52.6 Å². The van der Waals surface area contributed by atoms with Crippen LogP contribution in [0.15, 0.2) is 36.9 Å². The third-order valence-corrected chi connectivity index (χ3v) is 3.26. The molecule has 0 radical (unpaired) electrons. The molecule has 2 N–H and O–H groups in total. The van der Waals surface area contributed by atoms with Crippen LogP contribution in [0.25, 0.3) is 0 Å². The van der Waals surface area contributed by atoms with E-state index in [1.807, 2.05) is 0 Å². The first-order chi connectivity index (χ1) is 12.4. The van der Waals surface area contributed by atoms with Crippen molar-refractivity contribution in [3.8, 4) is 5.75 Å². The lowest BCUT2D eigenvalue weighted by Gasteiger charge is -2.26. The fraction of sp³-hybridized carbons (Fsp3) is 0.375. The van der Waals surface area contributed by atoms with Gasteiger partial charge in [0.2, 0.25) is 0 Å². The Hall–Kier alpha value is -2.98. The first-order valence-electron chi connectivity index (χ1n) is 7.55. The van der Waals surface area contributed by atoms with Crippen molar-refractivity contribution in [1.29, 1.82) is 0 Å². The smallest absolute Gasteiger partial charge is 0.330 e. The number of esters is 2. The van der Waals surface area contributed by atoms with Gasteiger partial charge >= 0.3 is 11.9 Å². The highest BCUT2D eigenvalue weighted by atomic mass is 16.9. The minimum absolute atomic E-state index is 0.0937. The van der Waals surface area contributed by atoms with Crippen LogP contribution < -0.4 is 10.5 Å². The van der Waals surface area contributed by atoms with Crippen molar-refractivity contribution >= 4 is 11.9 Å². The van der Waals surface area contributed by atoms with E-state index in [1.54, 1.807) is 12.1 Å². The van der Waals surface area contributed by atoms with Gasteiger partial charge in [-0.05, 0) is 17.7 Å². The summed E-state index contributed by atoms with van der Waals surface area (Å²) < 4.78 is 15.6. The Morgan fingerprint density at radius 1 is 1.35 bits per heavy atom. The molecule has 0 saturated heterocycles. The molecule has 10 heteroatoms. The summed E-state index contributed by atoms with van der Waals surface area (Å²) in [6.45, 7) is 2.84. The van der Waals surface area contributed by atoms with Crippen molar-refractivity contribution in [2.75, 3.05) is 20.3 Å². The van der Waals surface area contributed by atoms with Gasteiger partial charge in [-0.3, -0.25) is 4.79 Å². The van der Waals surface area contributed by atoms with E-state index in [1.165, 1.54) is 19.2 Å². The van der Waals surface area contributed by atoms with Crippen LogP contribution in [0.5, 0.6) is 5.75 Å². The van der Waals surface area contributed by atoms with E-state index in [4.69, 9.17) is 19.9 Å². The van der Waals surface area contributed by atoms with Crippen LogP contribution in [0.4, 0.5) is 0 Å². The summed E-state index contributed by atoms with van der Waals surface area (Å²) in [6.07, 6.45) is -0.502. The molecule has 26 heavy (non-hydrogen) atoms. The summed E-state index contributed by atoms with van der Waals surface area (Å²) in [5, 5.41) is 9.36. The van der Waals surface area contributed by atoms with Gasteiger partial charge in [-0.15, -0.1) is 10.1 Å². The molecule has 0 bridgehead atoms. The van der Waals surface area contributed by atoms with Gasteiger partial charge in [-0.2, -0.15) is 0 Å². The van der Waals surface area contributed by atoms with Crippen molar-refractivity contribution in [3.63, 3.8) is 0 Å². The number of carbonyl (C=O) groups excluding carboxylic acids is 2. The topological polar surface area (TPSA) is 140 Å². The highest BCUT2D eigenvalue weighted by molar-refractivity contribution is 5.81. The fourth-order valence-corrected chi connectivity index (χ4v) is 2.07. The van der Waals surface area contributed by atoms with Crippen LogP contribution in [0.1, 0.15) is 18.1 Å². The molecule has 2 atom stereocenters. The SMILES string of the molecule is C=CC(=O)OC(c1ccc(OC(=O)CN)cc1)C(CCO[N+](=O)[O-])OC. The molecule has 10 nitrogen and oxygen atoms in total. The summed E-state index contributed by atoms with van der Waals surface area (Å²) >= 11 is 0. The molecule has 0 heterocycles. The molecule has 1 aromatic carbocycles. The Balaban J connectivity index is 2.96. The molecule has 0 aliphatic carbocycles. The second-order valence-corrected chi connectivity index (χ2v) is 4.93. The average Bonchev–Trinajstić information content (AvgIpc) is 2.64. The first kappa shape index (κ1) is 21.1. The molecule has 0 saturated carbocycles. The number of nitrogens with two attached hydrogens (primary N) is 1. The van der Waals surface area contributed by atoms with Crippen molar-refractivity contribution in [2.24, 2.45) is 5.73 Å². The molecule has 0 aliphatic heterocycles. The van der Waals surface area contributed by atoms with Crippen LogP contribution in [-0.4, -0.2) is 43.4 Å². The minimum Gasteiger partial charge on any atom is -0.452 e. The molecule has 0 aliphatic rings. The number of nitrogens with zero attached hydrogens (tertiary/aromatic N) is 1. The number of hydrogen-bond donors (Lipinski definition) is 1. The van der Waals surface area contributed by atoms with Gasteiger partial charge in [0.15, 0.2) is 6.10 Å². The van der Waals surface area contributed by atoms with Crippen molar-refractivity contribution < 1.29 is 33.7 Å². The van der Waals surface area contributed by atoms with Gasteiger partial charge in [-0.1, -0.05) is 18.7 Å². The summed E-state index contributed by atoms with van der Waals surface area (Å²) in [6, 6.07) is 6.14. The van der Waals surface area contributed by atoms with Crippen LogP contribution in [0, 0.1) is 10.1 Å². The summed E-state index contributed by atoms with van der Waals surface area (Å²) in [5.74, 6) is -1.02. The van der Waals surface area contributed by atoms with E-state index in [-0.39, 0.29) is 25.3 Å². The molecule has 0 fully saturated rings. The second-order valence-electron chi connectivity index (χ2n) is 4.93. The van der Waals surface area contributed by atoms with E-state index < -0.39 is 29.2 Å². The Bertz CT molecular complexity index is 632. The molecule has 0 amide bonds. The molecule has 2 unspecified atom stereocenters. The Labute approximate surface area is 149 Å². The summed E-state index contributed by atoms with van der Waals surface area (Å²) in [5.41, 5.74) is 5.70. The average molecular weight is 368 g/mol. The van der Waals surface area contributed by atoms with Gasteiger partial charge in [0, 0.05) is 19.6 Å². The van der Waals surface area contributed by atoms with E-state index in [2.05, 4.69) is 11.4 Å². The van der Waals surface area contributed by atoms with Gasteiger partial charge in [-0.25, -0.2) is 4.79 Å². The van der Waals surface area contributed by atoms with Gasteiger partial charge in [0.25, 0.3) is 5.09 Å². The maximum absolute atomic E-state index is 11.6. The Kier molecular flexibility index (Phi) is 8.75. The predicted octanol–water partition coefficient (Wildman–Crippen LogP) is 0.934. The number of ether oxygens (including phenoxy) is 3. The number of carbonyl (C=O) groups is 2. The lowest BCUT2D eigenvalue weighted by atomic mass is 10.0. The minimum atomic E-state index is -0.919. The summed E-state index contributed by atoms with van der Waals surface area (Å²) in [4.78, 5) is 37.4. The number of rotatable bonds is 11. The third kappa shape index (κ3) is 6.87. The monoisotopic (exact) mass is 368 g/mol. The van der Waals surface area contributed by atoms with Crippen LogP contribution >= 0.6 is 0 Å². The maximum Gasteiger partial charge on any atom is 0.330 e. The molecule has 142 valence electrons. The van der Waals surface area contributed by atoms with E-state index >= 15 is 0 Å². The number of methoxy groups -OCH3 is 1.